The number of rotatable bonds is 2. The van der Waals surface area contributed by atoms with Crippen molar-refractivity contribution in [1.82, 2.24) is 4.31 Å². The van der Waals surface area contributed by atoms with Crippen molar-refractivity contribution < 1.29 is 12.8 Å². The third kappa shape index (κ3) is 2.59. The molecule has 2 atom stereocenters. The molecule has 0 saturated carbocycles. The smallest absolute Gasteiger partial charge is 0.248 e. The lowest BCUT2D eigenvalue weighted by Crippen LogP contribution is -2.48. The molecule has 1 aliphatic heterocycles. The number of nitrogens with zero attached hydrogens (tertiary/aromatic N) is 1. The molecule has 1 fully saturated rings. The van der Waals surface area contributed by atoms with Crippen molar-refractivity contribution >= 4 is 27.5 Å². The van der Waals surface area contributed by atoms with Gasteiger partial charge in [0.15, 0.2) is 0 Å². The summed E-state index contributed by atoms with van der Waals surface area (Å²) in [4.78, 5) is -0.402. The first-order chi connectivity index (χ1) is 8.85. The lowest BCUT2D eigenvalue weighted by Gasteiger charge is -2.36. The van der Waals surface area contributed by atoms with E-state index in [0.717, 1.165) is 6.07 Å². The lowest BCUT2D eigenvalue weighted by atomic mass is 10.2. The van der Waals surface area contributed by atoms with Gasteiger partial charge in [0.1, 0.15) is 10.7 Å². The fourth-order valence-electron chi connectivity index (χ4n) is 2.16. The van der Waals surface area contributed by atoms with Crippen molar-refractivity contribution in [2.75, 3.05) is 18.0 Å². The highest BCUT2D eigenvalue weighted by Gasteiger charge is 2.37. The average molecular weight is 304 g/mol. The minimum absolute atomic E-state index is 0.0434. The van der Waals surface area contributed by atoms with Gasteiger partial charge in [-0.15, -0.1) is 0 Å². The molecule has 2 N–H and O–H groups in total. The summed E-state index contributed by atoms with van der Waals surface area (Å²) in [6.45, 7) is 4.19. The van der Waals surface area contributed by atoms with Crippen LogP contribution in [0.15, 0.2) is 23.1 Å². The van der Waals surface area contributed by atoms with Gasteiger partial charge in [-0.2, -0.15) is 16.1 Å². The number of sulfonamides is 1. The standard InChI is InChI=1S/C12H17FN2O2S2/c1-8-9(2)18-7-6-15(8)19(16,17)12-10(13)4-3-5-11(12)14/h3-5,8-9H,6-7,14H2,1-2H3. The van der Waals surface area contributed by atoms with Crippen LogP contribution in [0.5, 0.6) is 0 Å². The van der Waals surface area contributed by atoms with E-state index < -0.39 is 20.7 Å². The first kappa shape index (κ1) is 14.6. The fraction of sp³-hybridized carbons (Fsp3) is 0.500. The molecular formula is C12H17FN2O2S2. The zero-order chi connectivity index (χ0) is 14.2. The molecule has 0 radical (unpaired) electrons. The van der Waals surface area contributed by atoms with E-state index in [4.69, 9.17) is 5.73 Å². The Labute approximate surface area is 117 Å². The number of thioether (sulfide) groups is 1. The fourth-order valence-corrected chi connectivity index (χ4v) is 5.32. The van der Waals surface area contributed by atoms with Crippen LogP contribution < -0.4 is 5.73 Å². The van der Waals surface area contributed by atoms with Crippen molar-refractivity contribution in [2.45, 2.75) is 30.0 Å². The topological polar surface area (TPSA) is 63.4 Å². The first-order valence-corrected chi connectivity index (χ1v) is 8.52. The molecule has 4 nitrogen and oxygen atoms in total. The second-order valence-corrected chi connectivity index (χ2v) is 7.90. The van der Waals surface area contributed by atoms with Crippen molar-refractivity contribution in [2.24, 2.45) is 0 Å². The van der Waals surface area contributed by atoms with Gasteiger partial charge in [0.05, 0.1) is 5.69 Å². The Kier molecular flexibility index (Phi) is 4.08. The second kappa shape index (κ2) is 5.30. The predicted molar refractivity (Wildman–Crippen MR) is 76.1 cm³/mol. The van der Waals surface area contributed by atoms with Crippen LogP contribution >= 0.6 is 11.8 Å². The second-order valence-electron chi connectivity index (χ2n) is 4.59. The Hall–Kier alpha value is -0.790. The largest absolute Gasteiger partial charge is 0.398 e. The minimum atomic E-state index is -3.89. The van der Waals surface area contributed by atoms with Crippen LogP contribution in [0.3, 0.4) is 0 Å². The molecule has 2 rings (SSSR count). The molecule has 0 spiro atoms. The van der Waals surface area contributed by atoms with Crippen molar-refractivity contribution in [3.63, 3.8) is 0 Å². The van der Waals surface area contributed by atoms with Gasteiger partial charge in [-0.25, -0.2) is 12.8 Å². The Balaban J connectivity index is 2.48. The van der Waals surface area contributed by atoms with Gasteiger partial charge in [0.25, 0.3) is 0 Å². The maximum Gasteiger partial charge on any atom is 0.248 e. The van der Waals surface area contributed by atoms with E-state index >= 15 is 0 Å². The van der Waals surface area contributed by atoms with E-state index in [2.05, 4.69) is 0 Å². The van der Waals surface area contributed by atoms with Crippen LogP contribution in [0, 0.1) is 5.82 Å². The van der Waals surface area contributed by atoms with Crippen LogP contribution in [0.4, 0.5) is 10.1 Å². The maximum absolute atomic E-state index is 13.8. The molecule has 0 amide bonds. The molecule has 1 aliphatic rings. The van der Waals surface area contributed by atoms with Gasteiger partial charge >= 0.3 is 0 Å². The molecule has 0 aromatic heterocycles. The zero-order valence-electron chi connectivity index (χ0n) is 10.8. The molecule has 1 heterocycles. The van der Waals surface area contributed by atoms with Crippen LogP contribution in [-0.2, 0) is 10.0 Å². The van der Waals surface area contributed by atoms with Gasteiger partial charge in [-0.3, -0.25) is 0 Å². The Morgan fingerprint density at radius 3 is 2.74 bits per heavy atom. The highest BCUT2D eigenvalue weighted by Crippen LogP contribution is 2.32. The summed E-state index contributed by atoms with van der Waals surface area (Å²) in [6, 6.07) is 3.75. The molecule has 0 aliphatic carbocycles. The van der Waals surface area contributed by atoms with Gasteiger partial charge in [0.2, 0.25) is 10.0 Å². The van der Waals surface area contributed by atoms with Gasteiger partial charge in [0, 0.05) is 23.6 Å². The van der Waals surface area contributed by atoms with E-state index in [1.54, 1.807) is 11.8 Å². The van der Waals surface area contributed by atoms with E-state index in [0.29, 0.717) is 12.3 Å². The summed E-state index contributed by atoms with van der Waals surface area (Å²) in [5.41, 5.74) is 5.60. The van der Waals surface area contributed by atoms with E-state index in [1.165, 1.54) is 16.4 Å². The average Bonchev–Trinajstić information content (AvgIpc) is 2.32. The molecular weight excluding hydrogens is 287 g/mol. The quantitative estimate of drug-likeness (QED) is 0.848. The minimum Gasteiger partial charge on any atom is -0.398 e. The van der Waals surface area contributed by atoms with Crippen molar-refractivity contribution in [3.05, 3.63) is 24.0 Å². The molecule has 7 heteroatoms. The normalized spacial score (nSPS) is 25.4. The summed E-state index contributed by atoms with van der Waals surface area (Å²) in [6.07, 6.45) is 0. The first-order valence-electron chi connectivity index (χ1n) is 6.03. The number of halogens is 1. The SMILES string of the molecule is CC1SCCN(S(=O)(=O)c2c(N)cccc2F)C1C. The molecule has 1 aromatic carbocycles. The van der Waals surface area contributed by atoms with Crippen LogP contribution in [-0.4, -0.2) is 36.3 Å². The Morgan fingerprint density at radius 1 is 1.42 bits per heavy atom. The summed E-state index contributed by atoms with van der Waals surface area (Å²) >= 11 is 1.72. The summed E-state index contributed by atoms with van der Waals surface area (Å²) in [5, 5.41) is 0.177. The maximum atomic E-state index is 13.8. The Morgan fingerprint density at radius 2 is 2.11 bits per heavy atom. The van der Waals surface area contributed by atoms with Gasteiger partial charge in [-0.05, 0) is 19.1 Å². The number of nitrogen functional groups attached to an aromatic ring is 1. The molecule has 19 heavy (non-hydrogen) atoms. The van der Waals surface area contributed by atoms with Gasteiger partial charge in [-0.1, -0.05) is 13.0 Å². The van der Waals surface area contributed by atoms with E-state index in [-0.39, 0.29) is 17.0 Å². The van der Waals surface area contributed by atoms with Crippen molar-refractivity contribution in [1.29, 1.82) is 0 Å². The summed E-state index contributed by atoms with van der Waals surface area (Å²) < 4.78 is 40.3. The molecule has 106 valence electrons. The predicted octanol–water partition coefficient (Wildman–Crippen LogP) is 1.92. The third-order valence-electron chi connectivity index (χ3n) is 3.39. The van der Waals surface area contributed by atoms with Crippen LogP contribution in [0.1, 0.15) is 13.8 Å². The lowest BCUT2D eigenvalue weighted by molar-refractivity contribution is 0.339. The highest BCUT2D eigenvalue weighted by molar-refractivity contribution is 8.00. The van der Waals surface area contributed by atoms with Crippen molar-refractivity contribution in [3.8, 4) is 0 Å². The zero-order valence-corrected chi connectivity index (χ0v) is 12.5. The van der Waals surface area contributed by atoms with E-state index in [1.807, 2.05) is 13.8 Å². The van der Waals surface area contributed by atoms with E-state index in [9.17, 15) is 12.8 Å². The number of benzene rings is 1. The number of hydrogen-bond donors (Lipinski definition) is 1. The number of hydrogen-bond acceptors (Lipinski definition) is 4. The summed E-state index contributed by atoms with van der Waals surface area (Å²) in [7, 11) is -3.89. The summed E-state index contributed by atoms with van der Waals surface area (Å²) in [5.74, 6) is -0.0860. The Bertz CT molecular complexity index is 557. The molecule has 2 unspecified atom stereocenters. The third-order valence-corrected chi connectivity index (χ3v) is 6.81. The monoisotopic (exact) mass is 304 g/mol. The molecule has 0 bridgehead atoms. The molecule has 1 saturated heterocycles. The number of nitrogens with two attached hydrogens (primary N) is 1. The van der Waals surface area contributed by atoms with Crippen LogP contribution in [0.25, 0.3) is 0 Å². The highest BCUT2D eigenvalue weighted by atomic mass is 32.2. The molecule has 1 aromatic rings. The van der Waals surface area contributed by atoms with Crippen LogP contribution in [0.2, 0.25) is 0 Å². The number of anilines is 1. The van der Waals surface area contributed by atoms with Gasteiger partial charge < -0.3 is 5.73 Å².